The maximum Gasteiger partial charge on any atom is 0.227 e. The van der Waals surface area contributed by atoms with Gasteiger partial charge in [0.1, 0.15) is 5.41 Å². The van der Waals surface area contributed by atoms with Crippen LogP contribution in [0.2, 0.25) is 0 Å². The summed E-state index contributed by atoms with van der Waals surface area (Å²) in [5.41, 5.74) is 10.7. The van der Waals surface area contributed by atoms with Crippen molar-refractivity contribution in [3.8, 4) is 22.5 Å². The average Bonchev–Trinajstić information content (AvgIpc) is 3.29. The molecule has 4 heteroatoms. The third-order valence-electron chi connectivity index (χ3n) is 9.19. The molecule has 6 aromatic rings. The van der Waals surface area contributed by atoms with E-state index in [0.29, 0.717) is 12.0 Å². The Balaban J connectivity index is 1.35. The topological polar surface area (TPSA) is 33.8 Å². The number of nitrogens with zero attached hydrogens (tertiary/aromatic N) is 3. The molecule has 2 aromatic carbocycles. The number of benzene rings is 2. The van der Waals surface area contributed by atoms with Gasteiger partial charge in [-0.15, -0.1) is 0 Å². The molecular formula is C33H25N3O+2. The highest BCUT2D eigenvalue weighted by molar-refractivity contribution is 6.09. The Morgan fingerprint density at radius 3 is 2.59 bits per heavy atom. The van der Waals surface area contributed by atoms with Crippen molar-refractivity contribution in [1.29, 1.82) is 0 Å². The second-order valence-electron chi connectivity index (χ2n) is 11.0. The predicted octanol–water partition coefficient (Wildman–Crippen LogP) is 6.19. The van der Waals surface area contributed by atoms with E-state index < -0.39 is 0 Å². The largest absolute Gasteiger partial charge is 0.437 e. The molecule has 4 nitrogen and oxygen atoms in total. The van der Waals surface area contributed by atoms with Crippen molar-refractivity contribution < 1.29 is 13.6 Å². The SMILES string of the molecule is Cc1ccc2c(n1)oc1c3c(ccc12)C1(CC2c4ccccc4-c4cccc[n+]4C21)C[n+]1ccccc1-3. The van der Waals surface area contributed by atoms with Gasteiger partial charge in [0.05, 0.1) is 5.56 Å². The highest BCUT2D eigenvalue weighted by atomic mass is 16.3. The number of pyridine rings is 3. The summed E-state index contributed by atoms with van der Waals surface area (Å²) in [6.45, 7) is 2.98. The maximum absolute atomic E-state index is 6.58. The van der Waals surface area contributed by atoms with E-state index in [4.69, 9.17) is 9.40 Å². The third-order valence-corrected chi connectivity index (χ3v) is 9.19. The fraction of sp³-hybridized carbons (Fsp3) is 0.182. The van der Waals surface area contributed by atoms with Gasteiger partial charge in [-0.1, -0.05) is 30.3 Å². The number of aromatic nitrogens is 3. The number of rotatable bonds is 0. The Bertz CT molecular complexity index is 1940. The van der Waals surface area contributed by atoms with Gasteiger partial charge in [-0.3, -0.25) is 0 Å². The van der Waals surface area contributed by atoms with Crippen LogP contribution in [0.4, 0.5) is 0 Å². The number of hydrogen-bond donors (Lipinski definition) is 0. The Kier molecular flexibility index (Phi) is 3.60. The minimum absolute atomic E-state index is 0.0240. The molecule has 4 aromatic heterocycles. The van der Waals surface area contributed by atoms with Gasteiger partial charge in [0.2, 0.25) is 17.1 Å². The zero-order valence-electron chi connectivity index (χ0n) is 20.6. The summed E-state index contributed by atoms with van der Waals surface area (Å²) in [5.74, 6) is 0.491. The van der Waals surface area contributed by atoms with Crippen molar-refractivity contribution in [3.63, 3.8) is 0 Å². The highest BCUT2D eigenvalue weighted by Gasteiger charge is 2.68. The number of hydrogen-bond acceptors (Lipinski definition) is 2. The van der Waals surface area contributed by atoms with E-state index in [1.165, 1.54) is 33.6 Å². The Morgan fingerprint density at radius 2 is 1.65 bits per heavy atom. The van der Waals surface area contributed by atoms with Gasteiger partial charge >= 0.3 is 0 Å². The smallest absolute Gasteiger partial charge is 0.227 e. The molecule has 176 valence electrons. The van der Waals surface area contributed by atoms with Gasteiger partial charge in [-0.05, 0) is 54.8 Å². The third kappa shape index (κ3) is 2.36. The summed E-state index contributed by atoms with van der Waals surface area (Å²) in [6, 6.07) is 31.4. The molecule has 9 rings (SSSR count). The van der Waals surface area contributed by atoms with E-state index in [2.05, 4.69) is 106 Å². The molecular weight excluding hydrogens is 454 g/mol. The van der Waals surface area contributed by atoms with Gasteiger partial charge in [-0.2, -0.15) is 9.13 Å². The van der Waals surface area contributed by atoms with Crippen LogP contribution in [0.25, 0.3) is 44.6 Å². The zero-order chi connectivity index (χ0) is 24.3. The molecule has 2 aliphatic heterocycles. The first-order valence-electron chi connectivity index (χ1n) is 13.1. The molecule has 37 heavy (non-hydrogen) atoms. The summed E-state index contributed by atoms with van der Waals surface area (Å²) in [4.78, 5) is 4.73. The lowest BCUT2D eigenvalue weighted by atomic mass is 9.50. The lowest BCUT2D eigenvalue weighted by molar-refractivity contribution is -0.768. The van der Waals surface area contributed by atoms with E-state index in [1.54, 1.807) is 0 Å². The number of aryl methyl sites for hydroxylation is 1. The van der Waals surface area contributed by atoms with Crippen molar-refractivity contribution in [3.05, 3.63) is 114 Å². The molecule has 6 heterocycles. The molecule has 0 amide bonds. The molecule has 3 unspecified atom stereocenters. The summed E-state index contributed by atoms with van der Waals surface area (Å²) < 4.78 is 11.6. The zero-order valence-corrected chi connectivity index (χ0v) is 20.6. The van der Waals surface area contributed by atoms with Crippen LogP contribution in [0.5, 0.6) is 0 Å². The molecule has 3 atom stereocenters. The van der Waals surface area contributed by atoms with Crippen LogP contribution < -0.4 is 9.13 Å². The molecule has 0 saturated heterocycles. The molecule has 1 aliphatic carbocycles. The quantitative estimate of drug-likeness (QED) is 0.243. The van der Waals surface area contributed by atoms with Crippen LogP contribution in [-0.2, 0) is 12.0 Å². The minimum Gasteiger partial charge on any atom is -0.437 e. The summed E-state index contributed by atoms with van der Waals surface area (Å²) in [6.07, 6.45) is 5.65. The van der Waals surface area contributed by atoms with Crippen LogP contribution in [0.15, 0.2) is 102 Å². The fourth-order valence-corrected chi connectivity index (χ4v) is 7.71. The van der Waals surface area contributed by atoms with Crippen LogP contribution in [-0.4, -0.2) is 4.98 Å². The van der Waals surface area contributed by atoms with Crippen molar-refractivity contribution in [1.82, 2.24) is 4.98 Å². The summed E-state index contributed by atoms with van der Waals surface area (Å²) in [7, 11) is 0. The molecule has 1 fully saturated rings. The minimum atomic E-state index is -0.0240. The van der Waals surface area contributed by atoms with E-state index in [1.807, 2.05) is 6.92 Å². The maximum atomic E-state index is 6.58. The lowest BCUT2D eigenvalue weighted by Crippen LogP contribution is -2.69. The molecule has 0 N–H and O–H groups in total. The van der Waals surface area contributed by atoms with E-state index in [0.717, 1.165) is 40.7 Å². The normalized spacial score (nSPS) is 22.6. The number of fused-ring (bicyclic) bond motifs is 15. The summed E-state index contributed by atoms with van der Waals surface area (Å²) in [5, 5.41) is 2.23. The predicted molar refractivity (Wildman–Crippen MR) is 142 cm³/mol. The monoisotopic (exact) mass is 479 g/mol. The lowest BCUT2D eigenvalue weighted by Gasteiger charge is -2.53. The van der Waals surface area contributed by atoms with Crippen LogP contribution in [0.1, 0.15) is 35.2 Å². The molecule has 3 aliphatic rings. The first-order chi connectivity index (χ1) is 18.2. The summed E-state index contributed by atoms with van der Waals surface area (Å²) >= 11 is 0. The van der Waals surface area contributed by atoms with Gasteiger partial charge in [0.25, 0.3) is 0 Å². The van der Waals surface area contributed by atoms with E-state index >= 15 is 0 Å². The van der Waals surface area contributed by atoms with Crippen molar-refractivity contribution in [2.45, 2.75) is 37.3 Å². The molecule has 1 saturated carbocycles. The van der Waals surface area contributed by atoms with Gasteiger partial charge in [0, 0.05) is 52.2 Å². The van der Waals surface area contributed by atoms with Crippen molar-refractivity contribution >= 4 is 22.1 Å². The fourth-order valence-electron chi connectivity index (χ4n) is 7.71. The van der Waals surface area contributed by atoms with Crippen molar-refractivity contribution in [2.24, 2.45) is 0 Å². The standard InChI is InChI=1S/C33H25N3O/c1-20-12-13-24-23-14-15-26-29(30(23)37-32(24)34-20)28-11-4-6-16-35(28)19-33(26)18-25-21-8-2-3-9-22(21)27-10-5-7-17-36(27)31(25)33/h2-17,25,31H,18-19H2,1H3/q+2. The van der Waals surface area contributed by atoms with Crippen LogP contribution in [0, 0.1) is 6.92 Å². The Labute approximate surface area is 214 Å². The van der Waals surface area contributed by atoms with E-state index in [-0.39, 0.29) is 5.41 Å². The van der Waals surface area contributed by atoms with Crippen LogP contribution >= 0.6 is 0 Å². The van der Waals surface area contributed by atoms with E-state index in [9.17, 15) is 0 Å². The van der Waals surface area contributed by atoms with Crippen molar-refractivity contribution in [2.75, 3.05) is 0 Å². The second kappa shape index (κ2) is 6.71. The van der Waals surface area contributed by atoms with Gasteiger partial charge in [0.15, 0.2) is 30.6 Å². The second-order valence-corrected chi connectivity index (χ2v) is 11.0. The molecule has 0 radical (unpaired) electrons. The Morgan fingerprint density at radius 1 is 0.838 bits per heavy atom. The van der Waals surface area contributed by atoms with Gasteiger partial charge in [-0.25, -0.2) is 4.98 Å². The highest BCUT2D eigenvalue weighted by Crippen LogP contribution is 2.64. The Hall–Kier alpha value is -4.31. The molecule has 0 bridgehead atoms. The first-order valence-corrected chi connectivity index (χ1v) is 13.1. The van der Waals surface area contributed by atoms with Crippen LogP contribution in [0.3, 0.4) is 0 Å². The van der Waals surface area contributed by atoms with Gasteiger partial charge < -0.3 is 4.42 Å². The average molecular weight is 480 g/mol. The first kappa shape index (κ1) is 19.8. The number of furan rings is 1. The molecule has 1 spiro atoms.